The van der Waals surface area contributed by atoms with Gasteiger partial charge in [-0.25, -0.2) is 0 Å². The molecular formula is C17H29N3O2. The van der Waals surface area contributed by atoms with Crippen LogP contribution in [0.4, 0.5) is 0 Å². The van der Waals surface area contributed by atoms with E-state index in [1.165, 1.54) is 0 Å². The zero-order chi connectivity index (χ0) is 16.2. The first-order valence-corrected chi connectivity index (χ1v) is 7.96. The third-order valence-corrected chi connectivity index (χ3v) is 4.93. The van der Waals surface area contributed by atoms with E-state index in [-0.39, 0.29) is 11.0 Å². The highest BCUT2D eigenvalue weighted by atomic mass is 16.5. The highest BCUT2D eigenvalue weighted by Gasteiger charge is 2.53. The van der Waals surface area contributed by atoms with Crippen LogP contribution in [0.5, 0.6) is 0 Å². The largest absolute Gasteiger partial charge is 0.469 e. The van der Waals surface area contributed by atoms with Crippen molar-refractivity contribution in [3.05, 3.63) is 24.2 Å². The van der Waals surface area contributed by atoms with Crippen LogP contribution in [-0.4, -0.2) is 49.7 Å². The highest BCUT2D eigenvalue weighted by Crippen LogP contribution is 2.46. The van der Waals surface area contributed by atoms with Crippen molar-refractivity contribution >= 4 is 5.96 Å². The SMILES string of the molecule is COCCN=C(NCCc1ccco1)N1CC(C)(C)C1(C)C. The third-order valence-electron chi connectivity index (χ3n) is 4.93. The van der Waals surface area contributed by atoms with Crippen molar-refractivity contribution in [3.8, 4) is 0 Å². The molecule has 124 valence electrons. The molecule has 1 aromatic heterocycles. The fraction of sp³-hybridized carbons (Fsp3) is 0.706. The molecule has 0 spiro atoms. The molecule has 0 radical (unpaired) electrons. The van der Waals surface area contributed by atoms with Crippen LogP contribution >= 0.6 is 0 Å². The second kappa shape index (κ2) is 6.73. The summed E-state index contributed by atoms with van der Waals surface area (Å²) in [5.74, 6) is 1.96. The average Bonchev–Trinajstić information content (AvgIpc) is 2.97. The van der Waals surface area contributed by atoms with Crippen LogP contribution in [-0.2, 0) is 11.2 Å². The second-order valence-corrected chi connectivity index (χ2v) is 6.98. The number of nitrogens with one attached hydrogen (secondary N) is 1. The van der Waals surface area contributed by atoms with E-state index in [0.717, 1.165) is 31.2 Å². The number of aliphatic imine (C=N–C) groups is 1. The van der Waals surface area contributed by atoms with E-state index in [1.54, 1.807) is 13.4 Å². The van der Waals surface area contributed by atoms with Gasteiger partial charge in [-0.3, -0.25) is 4.99 Å². The van der Waals surface area contributed by atoms with E-state index >= 15 is 0 Å². The predicted octanol–water partition coefficient (Wildman–Crippen LogP) is 2.53. The molecule has 1 saturated heterocycles. The first-order chi connectivity index (χ1) is 10.4. The van der Waals surface area contributed by atoms with Gasteiger partial charge in [0.2, 0.25) is 0 Å². The van der Waals surface area contributed by atoms with Gasteiger partial charge < -0.3 is 19.4 Å². The minimum atomic E-state index is 0.0938. The number of methoxy groups -OCH3 is 1. The van der Waals surface area contributed by atoms with Crippen molar-refractivity contribution in [3.63, 3.8) is 0 Å². The van der Waals surface area contributed by atoms with Gasteiger partial charge in [-0.1, -0.05) is 13.8 Å². The quantitative estimate of drug-likeness (QED) is 0.498. The summed E-state index contributed by atoms with van der Waals surface area (Å²) in [6.07, 6.45) is 2.57. The fourth-order valence-corrected chi connectivity index (χ4v) is 2.63. The Bertz CT molecular complexity index is 492. The van der Waals surface area contributed by atoms with Gasteiger partial charge in [0, 0.05) is 37.6 Å². The van der Waals surface area contributed by atoms with E-state index in [9.17, 15) is 0 Å². The maximum Gasteiger partial charge on any atom is 0.194 e. The molecule has 0 aliphatic carbocycles. The number of hydrogen-bond acceptors (Lipinski definition) is 3. The van der Waals surface area contributed by atoms with E-state index in [4.69, 9.17) is 14.1 Å². The molecule has 0 unspecified atom stereocenters. The van der Waals surface area contributed by atoms with Crippen molar-refractivity contribution < 1.29 is 9.15 Å². The molecule has 1 aromatic rings. The summed E-state index contributed by atoms with van der Waals surface area (Å²) in [5.41, 5.74) is 0.383. The summed E-state index contributed by atoms with van der Waals surface area (Å²) >= 11 is 0. The topological polar surface area (TPSA) is 50.0 Å². The number of rotatable bonds is 6. The molecule has 0 atom stereocenters. The van der Waals surface area contributed by atoms with Gasteiger partial charge in [0.05, 0.1) is 19.4 Å². The average molecular weight is 307 g/mol. The molecule has 5 heteroatoms. The normalized spacial score (nSPS) is 19.9. The molecule has 5 nitrogen and oxygen atoms in total. The molecule has 1 aliphatic rings. The Kier molecular flexibility index (Phi) is 5.16. The lowest BCUT2D eigenvalue weighted by atomic mass is 9.65. The Labute approximate surface area is 133 Å². The van der Waals surface area contributed by atoms with Crippen LogP contribution in [0.2, 0.25) is 0 Å². The molecule has 22 heavy (non-hydrogen) atoms. The van der Waals surface area contributed by atoms with Crippen LogP contribution in [0.3, 0.4) is 0 Å². The van der Waals surface area contributed by atoms with Crippen LogP contribution in [0.15, 0.2) is 27.8 Å². The van der Waals surface area contributed by atoms with Crippen LogP contribution < -0.4 is 5.32 Å². The number of hydrogen-bond donors (Lipinski definition) is 1. The maximum atomic E-state index is 5.38. The number of guanidine groups is 1. The molecule has 1 fully saturated rings. The Morgan fingerprint density at radius 3 is 2.73 bits per heavy atom. The minimum absolute atomic E-state index is 0.0938. The Hall–Kier alpha value is -1.49. The molecular weight excluding hydrogens is 278 g/mol. The van der Waals surface area contributed by atoms with Gasteiger partial charge in [0.15, 0.2) is 5.96 Å². The summed E-state index contributed by atoms with van der Waals surface area (Å²) in [6.45, 7) is 12.3. The van der Waals surface area contributed by atoms with Crippen molar-refractivity contribution in [2.45, 2.75) is 39.7 Å². The molecule has 2 rings (SSSR count). The molecule has 0 amide bonds. The molecule has 1 aliphatic heterocycles. The number of furan rings is 1. The van der Waals surface area contributed by atoms with E-state index in [0.29, 0.717) is 13.2 Å². The fourth-order valence-electron chi connectivity index (χ4n) is 2.63. The van der Waals surface area contributed by atoms with Gasteiger partial charge >= 0.3 is 0 Å². The van der Waals surface area contributed by atoms with Gasteiger partial charge in [0.25, 0.3) is 0 Å². The number of ether oxygens (including phenoxy) is 1. The monoisotopic (exact) mass is 307 g/mol. The molecule has 1 N–H and O–H groups in total. The van der Waals surface area contributed by atoms with Crippen LogP contribution in [0.25, 0.3) is 0 Å². The zero-order valence-corrected chi connectivity index (χ0v) is 14.5. The summed E-state index contributed by atoms with van der Waals surface area (Å²) in [7, 11) is 1.70. The van der Waals surface area contributed by atoms with Crippen molar-refractivity contribution in [2.24, 2.45) is 10.4 Å². The molecule has 0 bridgehead atoms. The maximum absolute atomic E-state index is 5.38. The van der Waals surface area contributed by atoms with Crippen molar-refractivity contribution in [1.82, 2.24) is 10.2 Å². The first-order valence-electron chi connectivity index (χ1n) is 7.96. The lowest BCUT2D eigenvalue weighted by Crippen LogP contribution is -2.72. The highest BCUT2D eigenvalue weighted by molar-refractivity contribution is 5.82. The van der Waals surface area contributed by atoms with Crippen molar-refractivity contribution in [2.75, 3.05) is 33.4 Å². The smallest absolute Gasteiger partial charge is 0.194 e. The van der Waals surface area contributed by atoms with Gasteiger partial charge in [-0.2, -0.15) is 0 Å². The van der Waals surface area contributed by atoms with Crippen LogP contribution in [0, 0.1) is 5.41 Å². The summed E-state index contributed by atoms with van der Waals surface area (Å²) in [5, 5.41) is 3.47. The Balaban J connectivity index is 1.96. The Morgan fingerprint density at radius 2 is 2.18 bits per heavy atom. The third kappa shape index (κ3) is 3.46. The molecule has 2 heterocycles. The minimum Gasteiger partial charge on any atom is -0.469 e. The standard InChI is InChI=1S/C17H29N3O2/c1-16(2)13-20(17(16,3)4)15(19-10-12-21-5)18-9-8-14-7-6-11-22-14/h6-7,11H,8-10,12-13H2,1-5H3,(H,18,19). The van der Waals surface area contributed by atoms with Gasteiger partial charge in [0.1, 0.15) is 5.76 Å². The summed E-state index contributed by atoms with van der Waals surface area (Å²) in [4.78, 5) is 7.04. The first kappa shape index (κ1) is 16.9. The Morgan fingerprint density at radius 1 is 1.41 bits per heavy atom. The lowest BCUT2D eigenvalue weighted by molar-refractivity contribution is -0.0668. The molecule has 0 saturated carbocycles. The lowest BCUT2D eigenvalue weighted by Gasteiger charge is -2.62. The van der Waals surface area contributed by atoms with E-state index in [1.807, 2.05) is 12.1 Å². The van der Waals surface area contributed by atoms with E-state index < -0.39 is 0 Å². The number of likely N-dealkylation sites (tertiary alicyclic amines) is 1. The van der Waals surface area contributed by atoms with Gasteiger partial charge in [-0.05, 0) is 26.0 Å². The van der Waals surface area contributed by atoms with Gasteiger partial charge in [-0.15, -0.1) is 0 Å². The second-order valence-electron chi connectivity index (χ2n) is 6.98. The predicted molar refractivity (Wildman–Crippen MR) is 89.2 cm³/mol. The molecule has 0 aromatic carbocycles. The van der Waals surface area contributed by atoms with Crippen LogP contribution in [0.1, 0.15) is 33.5 Å². The number of nitrogens with zero attached hydrogens (tertiary/aromatic N) is 2. The summed E-state index contributed by atoms with van der Waals surface area (Å²) in [6, 6.07) is 3.92. The van der Waals surface area contributed by atoms with E-state index in [2.05, 4.69) is 37.9 Å². The van der Waals surface area contributed by atoms with Crippen molar-refractivity contribution in [1.29, 1.82) is 0 Å². The summed E-state index contributed by atoms with van der Waals surface area (Å²) < 4.78 is 10.5. The zero-order valence-electron chi connectivity index (χ0n) is 14.5.